The molecule has 1 amide bonds. The highest BCUT2D eigenvalue weighted by atomic mass is 16.5. The highest BCUT2D eigenvalue weighted by Gasteiger charge is 2.18. The molecule has 0 unspecified atom stereocenters. The van der Waals surface area contributed by atoms with Gasteiger partial charge in [-0.2, -0.15) is 0 Å². The van der Waals surface area contributed by atoms with Crippen LogP contribution in [0.15, 0.2) is 18.2 Å². The number of likely N-dealkylation sites (N-methyl/N-ethyl adjacent to an activating group) is 1. The maximum absolute atomic E-state index is 11.8. The van der Waals surface area contributed by atoms with Crippen molar-refractivity contribution in [3.05, 3.63) is 29.3 Å². The standard InChI is InChI=1S/C16H23NO2/c1-3-15(16(18)17-4-2)19-14-10-9-12-7-5-6-8-13(12)11-14/h9-11,15H,3-8H2,1-2H3,(H,17,18)/t15-/m0/s1. The summed E-state index contributed by atoms with van der Waals surface area (Å²) in [5, 5.41) is 2.82. The number of carbonyl (C=O) groups excluding carboxylic acids is 1. The molecule has 3 nitrogen and oxygen atoms in total. The molecule has 1 atom stereocenters. The normalized spacial score (nSPS) is 15.5. The Morgan fingerprint density at radius 1 is 1.26 bits per heavy atom. The highest BCUT2D eigenvalue weighted by molar-refractivity contribution is 5.81. The van der Waals surface area contributed by atoms with Gasteiger partial charge in [-0.3, -0.25) is 4.79 Å². The first-order valence-corrected chi connectivity index (χ1v) is 7.30. The molecule has 0 bridgehead atoms. The van der Waals surface area contributed by atoms with Crippen LogP contribution in [0.5, 0.6) is 5.75 Å². The second-order valence-electron chi connectivity index (χ2n) is 5.05. The lowest BCUT2D eigenvalue weighted by atomic mass is 9.92. The summed E-state index contributed by atoms with van der Waals surface area (Å²) in [4.78, 5) is 11.8. The van der Waals surface area contributed by atoms with Crippen molar-refractivity contribution < 1.29 is 9.53 Å². The number of rotatable bonds is 5. The summed E-state index contributed by atoms with van der Waals surface area (Å²) in [5.41, 5.74) is 2.82. The maximum Gasteiger partial charge on any atom is 0.261 e. The van der Waals surface area contributed by atoms with E-state index in [1.807, 2.05) is 19.9 Å². The average molecular weight is 261 g/mol. The minimum absolute atomic E-state index is 0.0253. The molecule has 19 heavy (non-hydrogen) atoms. The molecule has 1 N–H and O–H groups in total. The number of fused-ring (bicyclic) bond motifs is 1. The van der Waals surface area contributed by atoms with E-state index in [1.54, 1.807) is 0 Å². The number of hydrogen-bond acceptors (Lipinski definition) is 2. The van der Waals surface area contributed by atoms with Gasteiger partial charge in [-0.15, -0.1) is 0 Å². The molecule has 0 radical (unpaired) electrons. The molecule has 1 aliphatic rings. The second kappa shape index (κ2) is 6.60. The summed E-state index contributed by atoms with van der Waals surface area (Å²) >= 11 is 0. The molecule has 0 aliphatic heterocycles. The van der Waals surface area contributed by atoms with Crippen molar-refractivity contribution in [1.29, 1.82) is 0 Å². The third kappa shape index (κ3) is 3.49. The van der Waals surface area contributed by atoms with E-state index in [2.05, 4.69) is 17.4 Å². The molecule has 3 heteroatoms. The van der Waals surface area contributed by atoms with Crippen LogP contribution in [0.3, 0.4) is 0 Å². The van der Waals surface area contributed by atoms with Crippen LogP contribution in [0.1, 0.15) is 44.2 Å². The molecule has 1 aromatic rings. The van der Waals surface area contributed by atoms with E-state index in [0.29, 0.717) is 13.0 Å². The molecule has 0 aromatic heterocycles. The van der Waals surface area contributed by atoms with Gasteiger partial charge in [0.25, 0.3) is 5.91 Å². The molecule has 0 heterocycles. The van der Waals surface area contributed by atoms with E-state index in [9.17, 15) is 4.79 Å². The predicted octanol–water partition coefficient (Wildman–Crippen LogP) is 2.86. The molecular weight excluding hydrogens is 238 g/mol. The first kappa shape index (κ1) is 13.9. The second-order valence-corrected chi connectivity index (χ2v) is 5.05. The van der Waals surface area contributed by atoms with Gasteiger partial charge < -0.3 is 10.1 Å². The molecule has 0 spiro atoms. The zero-order valence-corrected chi connectivity index (χ0v) is 11.9. The zero-order chi connectivity index (χ0) is 13.7. The third-order valence-corrected chi connectivity index (χ3v) is 3.61. The van der Waals surface area contributed by atoms with Gasteiger partial charge in [-0.1, -0.05) is 13.0 Å². The van der Waals surface area contributed by atoms with E-state index in [4.69, 9.17) is 4.74 Å². The third-order valence-electron chi connectivity index (χ3n) is 3.61. The highest BCUT2D eigenvalue weighted by Crippen LogP contribution is 2.26. The van der Waals surface area contributed by atoms with Crippen LogP contribution in [0.2, 0.25) is 0 Å². The summed E-state index contributed by atoms with van der Waals surface area (Å²) in [6.07, 6.45) is 5.13. The van der Waals surface area contributed by atoms with Crippen LogP contribution in [0.25, 0.3) is 0 Å². The molecule has 0 fully saturated rings. The summed E-state index contributed by atoms with van der Waals surface area (Å²) in [7, 11) is 0. The maximum atomic E-state index is 11.8. The van der Waals surface area contributed by atoms with E-state index in [0.717, 1.165) is 12.2 Å². The van der Waals surface area contributed by atoms with Gasteiger partial charge in [-0.05, 0) is 62.3 Å². The Balaban J connectivity index is 2.07. The number of ether oxygens (including phenoxy) is 1. The van der Waals surface area contributed by atoms with Crippen molar-refractivity contribution >= 4 is 5.91 Å². The first-order chi connectivity index (χ1) is 9.24. The van der Waals surface area contributed by atoms with Crippen molar-refractivity contribution in [2.75, 3.05) is 6.54 Å². The van der Waals surface area contributed by atoms with E-state index in [-0.39, 0.29) is 12.0 Å². The van der Waals surface area contributed by atoms with Gasteiger partial charge in [0.1, 0.15) is 5.75 Å². The Morgan fingerprint density at radius 2 is 2.00 bits per heavy atom. The fourth-order valence-electron chi connectivity index (χ4n) is 2.56. The average Bonchev–Trinajstić information content (AvgIpc) is 2.44. The summed E-state index contributed by atoms with van der Waals surface area (Å²) in [6, 6.07) is 6.25. The van der Waals surface area contributed by atoms with Crippen molar-refractivity contribution in [2.24, 2.45) is 0 Å². The van der Waals surface area contributed by atoms with Gasteiger partial charge >= 0.3 is 0 Å². The fraction of sp³-hybridized carbons (Fsp3) is 0.562. The summed E-state index contributed by atoms with van der Waals surface area (Å²) in [6.45, 7) is 4.53. The molecule has 0 saturated carbocycles. The number of carbonyl (C=O) groups is 1. The Morgan fingerprint density at radius 3 is 2.68 bits per heavy atom. The zero-order valence-electron chi connectivity index (χ0n) is 11.9. The monoisotopic (exact) mass is 261 g/mol. The summed E-state index contributed by atoms with van der Waals surface area (Å²) < 4.78 is 5.83. The van der Waals surface area contributed by atoms with E-state index in [1.165, 1.54) is 30.4 Å². The van der Waals surface area contributed by atoms with Crippen LogP contribution < -0.4 is 10.1 Å². The Labute approximate surface area is 115 Å². The van der Waals surface area contributed by atoms with Crippen LogP contribution in [0, 0.1) is 0 Å². The number of benzene rings is 1. The van der Waals surface area contributed by atoms with Crippen molar-refractivity contribution in [2.45, 2.75) is 52.1 Å². The van der Waals surface area contributed by atoms with E-state index >= 15 is 0 Å². The lowest BCUT2D eigenvalue weighted by molar-refractivity contribution is -0.128. The molecule has 0 saturated heterocycles. The van der Waals surface area contributed by atoms with E-state index < -0.39 is 0 Å². The van der Waals surface area contributed by atoms with Crippen molar-refractivity contribution in [1.82, 2.24) is 5.32 Å². The van der Waals surface area contributed by atoms with Gasteiger partial charge in [0.05, 0.1) is 0 Å². The van der Waals surface area contributed by atoms with Gasteiger partial charge in [0, 0.05) is 6.54 Å². The van der Waals surface area contributed by atoms with Crippen LogP contribution in [-0.4, -0.2) is 18.6 Å². The molecule has 1 aromatic carbocycles. The molecular formula is C16H23NO2. The fourth-order valence-corrected chi connectivity index (χ4v) is 2.56. The van der Waals surface area contributed by atoms with Crippen LogP contribution >= 0.6 is 0 Å². The van der Waals surface area contributed by atoms with Gasteiger partial charge in [-0.25, -0.2) is 0 Å². The number of aryl methyl sites for hydroxylation is 2. The lowest BCUT2D eigenvalue weighted by Crippen LogP contribution is -2.37. The lowest BCUT2D eigenvalue weighted by Gasteiger charge is -2.20. The predicted molar refractivity (Wildman–Crippen MR) is 76.5 cm³/mol. The number of amides is 1. The number of hydrogen-bond donors (Lipinski definition) is 1. The topological polar surface area (TPSA) is 38.3 Å². The van der Waals surface area contributed by atoms with Gasteiger partial charge in [0.15, 0.2) is 6.10 Å². The summed E-state index contributed by atoms with van der Waals surface area (Å²) in [5.74, 6) is 0.793. The molecule has 104 valence electrons. The SMILES string of the molecule is CCNC(=O)[C@H](CC)Oc1ccc2c(c1)CCCC2. The Bertz CT molecular complexity index is 442. The number of nitrogens with one attached hydrogen (secondary N) is 1. The van der Waals surface area contributed by atoms with Gasteiger partial charge in [0.2, 0.25) is 0 Å². The smallest absolute Gasteiger partial charge is 0.261 e. The Hall–Kier alpha value is -1.51. The van der Waals surface area contributed by atoms with Crippen molar-refractivity contribution in [3.8, 4) is 5.75 Å². The molecule has 2 rings (SSSR count). The quantitative estimate of drug-likeness (QED) is 0.885. The minimum atomic E-state index is -0.387. The minimum Gasteiger partial charge on any atom is -0.481 e. The van der Waals surface area contributed by atoms with Crippen LogP contribution in [0.4, 0.5) is 0 Å². The first-order valence-electron chi connectivity index (χ1n) is 7.30. The largest absolute Gasteiger partial charge is 0.481 e. The Kier molecular flexibility index (Phi) is 4.83. The van der Waals surface area contributed by atoms with Crippen LogP contribution in [-0.2, 0) is 17.6 Å². The molecule has 1 aliphatic carbocycles. The van der Waals surface area contributed by atoms with Crippen molar-refractivity contribution in [3.63, 3.8) is 0 Å².